The van der Waals surface area contributed by atoms with Gasteiger partial charge in [-0.2, -0.15) is 8.78 Å². The molecule has 38 heavy (non-hydrogen) atoms. The number of benzene rings is 2. The number of aryl methyl sites for hydroxylation is 1. The molecule has 1 aromatic heterocycles. The van der Waals surface area contributed by atoms with Gasteiger partial charge in [-0.05, 0) is 24.6 Å². The third kappa shape index (κ3) is 7.40. The van der Waals surface area contributed by atoms with Crippen molar-refractivity contribution in [2.75, 3.05) is 56.7 Å². The number of fused-ring (bicyclic) bond motifs is 1. The molecule has 0 unspecified atom stereocenters. The van der Waals surface area contributed by atoms with Gasteiger partial charge in [0, 0.05) is 37.2 Å². The Kier molecular flexibility index (Phi) is 9.46. The number of hydrogen-bond donors (Lipinski definition) is 2. The molecule has 9 nitrogen and oxygen atoms in total. The molecule has 1 saturated heterocycles. The van der Waals surface area contributed by atoms with Crippen LogP contribution >= 0.6 is 0 Å². The summed E-state index contributed by atoms with van der Waals surface area (Å²) < 4.78 is 54.5. The third-order valence-corrected chi connectivity index (χ3v) is 5.76. The van der Waals surface area contributed by atoms with Crippen LogP contribution in [-0.2, 0) is 14.3 Å². The van der Waals surface area contributed by atoms with E-state index in [1.165, 1.54) is 12.4 Å². The van der Waals surface area contributed by atoms with E-state index in [1.54, 1.807) is 43.3 Å². The maximum absolute atomic E-state index is 14.6. The van der Waals surface area contributed by atoms with Gasteiger partial charge in [0.05, 0.1) is 36.7 Å². The van der Waals surface area contributed by atoms with Crippen LogP contribution in [0, 0.1) is 12.7 Å². The Labute approximate surface area is 217 Å². The van der Waals surface area contributed by atoms with Crippen LogP contribution in [0.4, 0.5) is 30.4 Å². The van der Waals surface area contributed by atoms with Gasteiger partial charge >= 0.3 is 6.61 Å². The number of anilines is 3. The normalized spacial score (nSPS) is 14.3. The Hall–Kier alpha value is -3.74. The lowest BCUT2D eigenvalue weighted by molar-refractivity contribution is -0.133. The second kappa shape index (κ2) is 13.2. The number of morpholine rings is 1. The third-order valence-electron chi connectivity index (χ3n) is 5.76. The maximum atomic E-state index is 14.6. The Bertz CT molecular complexity index is 1290. The van der Waals surface area contributed by atoms with Gasteiger partial charge < -0.3 is 24.8 Å². The fraction of sp³-hybridized carbons (Fsp3) is 0.346. The first-order chi connectivity index (χ1) is 18.4. The molecule has 4 rings (SSSR count). The average molecular weight is 532 g/mol. The van der Waals surface area contributed by atoms with E-state index >= 15 is 0 Å². The zero-order valence-corrected chi connectivity index (χ0v) is 20.8. The molecule has 0 spiro atoms. The van der Waals surface area contributed by atoms with Crippen LogP contribution in [0.25, 0.3) is 10.9 Å². The van der Waals surface area contributed by atoms with Crippen molar-refractivity contribution in [1.29, 1.82) is 0 Å². The summed E-state index contributed by atoms with van der Waals surface area (Å²) in [5.74, 6) is -0.318. The summed E-state index contributed by atoms with van der Waals surface area (Å²) in [5, 5.41) is 6.22. The molecule has 2 N–H and O–H groups in total. The van der Waals surface area contributed by atoms with Gasteiger partial charge in [-0.1, -0.05) is 18.2 Å². The zero-order chi connectivity index (χ0) is 26.9. The van der Waals surface area contributed by atoms with E-state index in [4.69, 9.17) is 9.47 Å². The molecule has 3 aromatic rings. The van der Waals surface area contributed by atoms with Crippen LogP contribution in [-0.4, -0.2) is 73.4 Å². The fourth-order valence-corrected chi connectivity index (χ4v) is 3.83. The number of hydrogen-bond acceptors (Lipinski definition) is 8. The molecular formula is C26H28F3N5O4. The molecule has 12 heteroatoms. The minimum Gasteiger partial charge on any atom is -0.489 e. The van der Waals surface area contributed by atoms with Crippen LogP contribution in [0.5, 0.6) is 5.75 Å². The van der Waals surface area contributed by atoms with Gasteiger partial charge in [0.15, 0.2) is 0 Å². The minimum absolute atomic E-state index is 0.184. The molecule has 0 atom stereocenters. The highest BCUT2D eigenvalue weighted by molar-refractivity contribution is 6.03. The first-order valence-electron chi connectivity index (χ1n) is 12.0. The molecule has 1 fully saturated rings. The number of nitrogens with one attached hydrogen (secondary N) is 2. The van der Waals surface area contributed by atoms with Gasteiger partial charge in [-0.25, -0.2) is 14.4 Å². The second-order valence-electron chi connectivity index (χ2n) is 8.43. The molecular weight excluding hydrogens is 503 g/mol. The predicted molar refractivity (Wildman–Crippen MR) is 136 cm³/mol. The zero-order valence-electron chi connectivity index (χ0n) is 20.8. The second-order valence-corrected chi connectivity index (χ2v) is 8.43. The monoisotopic (exact) mass is 531 g/mol. The number of nitrogens with zero attached hydrogens (tertiary/aromatic N) is 3. The molecule has 0 bridgehead atoms. The van der Waals surface area contributed by atoms with Crippen molar-refractivity contribution < 1.29 is 32.2 Å². The summed E-state index contributed by atoms with van der Waals surface area (Å²) >= 11 is 0. The van der Waals surface area contributed by atoms with Crippen molar-refractivity contribution in [3.05, 3.63) is 60.2 Å². The Morgan fingerprint density at radius 1 is 1.18 bits per heavy atom. The number of rotatable bonds is 11. The van der Waals surface area contributed by atoms with Gasteiger partial charge in [-0.15, -0.1) is 0 Å². The van der Waals surface area contributed by atoms with E-state index in [1.807, 2.05) is 0 Å². The summed E-state index contributed by atoms with van der Waals surface area (Å²) in [6, 6.07) is 8.08. The minimum atomic E-state index is -2.92. The number of halogens is 3. The Balaban J connectivity index is 1.58. The Morgan fingerprint density at radius 3 is 2.79 bits per heavy atom. The lowest BCUT2D eigenvalue weighted by atomic mass is 10.1. The van der Waals surface area contributed by atoms with Crippen LogP contribution in [0.3, 0.4) is 0 Å². The predicted octanol–water partition coefficient (Wildman–Crippen LogP) is 4.27. The van der Waals surface area contributed by atoms with Crippen molar-refractivity contribution in [2.45, 2.75) is 13.5 Å². The van der Waals surface area contributed by atoms with Gasteiger partial charge in [0.25, 0.3) is 0 Å². The van der Waals surface area contributed by atoms with Crippen LogP contribution in [0.1, 0.15) is 5.56 Å². The molecule has 0 radical (unpaired) electrons. The van der Waals surface area contributed by atoms with E-state index in [9.17, 15) is 18.0 Å². The van der Waals surface area contributed by atoms with Crippen LogP contribution < -0.4 is 15.4 Å². The van der Waals surface area contributed by atoms with E-state index in [0.717, 1.165) is 13.1 Å². The topological polar surface area (TPSA) is 97.8 Å². The summed E-state index contributed by atoms with van der Waals surface area (Å²) in [5.41, 5.74) is 1.39. The van der Waals surface area contributed by atoms with Crippen molar-refractivity contribution in [3.63, 3.8) is 0 Å². The van der Waals surface area contributed by atoms with Crippen molar-refractivity contribution >= 4 is 34.0 Å². The highest BCUT2D eigenvalue weighted by Gasteiger charge is 2.15. The molecule has 2 heterocycles. The SMILES string of the molecule is Cc1cccc(Nc2ncnc3cc(OCCOC(F)F)c(NC(=O)/C=C/CN4CCOCC4)cc23)c1F. The number of amides is 1. The van der Waals surface area contributed by atoms with E-state index < -0.39 is 18.3 Å². The lowest BCUT2D eigenvalue weighted by Crippen LogP contribution is -2.36. The van der Waals surface area contributed by atoms with Crippen LogP contribution in [0.15, 0.2) is 48.8 Å². The molecule has 1 amide bonds. The van der Waals surface area contributed by atoms with Gasteiger partial charge in [-0.3, -0.25) is 9.69 Å². The molecule has 1 aliphatic rings. The number of carbonyl (C=O) groups excluding carboxylic acids is 1. The van der Waals surface area contributed by atoms with E-state index in [0.29, 0.717) is 42.0 Å². The number of carbonyl (C=O) groups is 1. The first kappa shape index (κ1) is 27.3. The molecule has 0 aliphatic carbocycles. The summed E-state index contributed by atoms with van der Waals surface area (Å²) in [6.07, 6.45) is 4.45. The first-order valence-corrected chi connectivity index (χ1v) is 12.0. The number of ether oxygens (including phenoxy) is 3. The smallest absolute Gasteiger partial charge is 0.345 e. The Morgan fingerprint density at radius 2 is 2.00 bits per heavy atom. The van der Waals surface area contributed by atoms with E-state index in [-0.39, 0.29) is 30.3 Å². The molecule has 202 valence electrons. The largest absolute Gasteiger partial charge is 0.489 e. The highest BCUT2D eigenvalue weighted by Crippen LogP contribution is 2.34. The van der Waals surface area contributed by atoms with Gasteiger partial charge in [0.1, 0.15) is 30.3 Å². The summed E-state index contributed by atoms with van der Waals surface area (Å²) in [4.78, 5) is 23.3. The highest BCUT2D eigenvalue weighted by atomic mass is 19.3. The average Bonchev–Trinajstić information content (AvgIpc) is 2.90. The van der Waals surface area contributed by atoms with Crippen molar-refractivity contribution in [3.8, 4) is 5.75 Å². The summed E-state index contributed by atoms with van der Waals surface area (Å²) in [7, 11) is 0. The molecule has 0 saturated carbocycles. The molecule has 1 aliphatic heterocycles. The van der Waals surface area contributed by atoms with Crippen molar-refractivity contribution in [1.82, 2.24) is 14.9 Å². The number of aromatic nitrogens is 2. The quantitative estimate of drug-likeness (QED) is 0.280. The van der Waals surface area contributed by atoms with Crippen LogP contribution in [0.2, 0.25) is 0 Å². The standard InChI is InChI=1S/C26H28F3N5O4/c1-17-4-2-5-19(24(17)27)33-25-18-14-21(32-23(35)6-3-7-34-8-10-36-11-9-34)22(15-20(18)30-16-31-25)37-12-13-38-26(28)29/h2-6,14-16,26H,7-13H2,1H3,(H,32,35)(H,30,31,33)/b6-3+. The fourth-order valence-electron chi connectivity index (χ4n) is 3.83. The number of alkyl halides is 2. The molecule has 2 aromatic carbocycles. The maximum Gasteiger partial charge on any atom is 0.345 e. The summed E-state index contributed by atoms with van der Waals surface area (Å²) in [6.45, 7) is 1.65. The van der Waals surface area contributed by atoms with E-state index in [2.05, 4.69) is 30.2 Å². The van der Waals surface area contributed by atoms with Crippen molar-refractivity contribution in [2.24, 2.45) is 0 Å². The lowest BCUT2D eigenvalue weighted by Gasteiger charge is -2.25. The van der Waals surface area contributed by atoms with Gasteiger partial charge in [0.2, 0.25) is 5.91 Å².